The molecule has 0 amide bonds. The Hall–Kier alpha value is -2.48. The third-order valence-corrected chi connectivity index (χ3v) is 4.18. The second-order valence-corrected chi connectivity index (χ2v) is 5.30. The predicted molar refractivity (Wildman–Crippen MR) is 95.5 cm³/mol. The van der Waals surface area contributed by atoms with Crippen molar-refractivity contribution in [2.45, 2.75) is 26.7 Å². The highest BCUT2D eigenvalue weighted by Gasteiger charge is 2.16. The van der Waals surface area contributed by atoms with Gasteiger partial charge in [-0.3, -0.25) is 0 Å². The van der Waals surface area contributed by atoms with Gasteiger partial charge in [0.2, 0.25) is 0 Å². The summed E-state index contributed by atoms with van der Waals surface area (Å²) in [7, 11) is 0. The molecule has 2 nitrogen and oxygen atoms in total. The zero-order valence-corrected chi connectivity index (χ0v) is 13.4. The number of H-pyrrole nitrogens is 2. The molecule has 2 heterocycles. The van der Waals surface area contributed by atoms with E-state index in [0.29, 0.717) is 5.92 Å². The molecule has 0 radical (unpaired) electrons. The van der Waals surface area contributed by atoms with E-state index in [4.69, 9.17) is 0 Å². The number of para-hydroxylation sites is 2. The largest absolute Gasteiger partial charge is 0.361 e. The first-order valence-corrected chi connectivity index (χ1v) is 7.96. The summed E-state index contributed by atoms with van der Waals surface area (Å²) in [6.07, 6.45) is 4.27. The lowest BCUT2D eigenvalue weighted by Crippen LogP contribution is -1.93. The standard InChI is InChI=1S/C18H16N2.C2H6/c1-12(15-10-19-17-8-4-2-6-13(15)17)16-11-20-18-9-5-3-7-14(16)18;1-2/h2-12,19-20H,1H3;1-2H3. The van der Waals surface area contributed by atoms with Gasteiger partial charge in [-0.1, -0.05) is 57.2 Å². The van der Waals surface area contributed by atoms with E-state index in [1.807, 2.05) is 13.8 Å². The summed E-state index contributed by atoms with van der Waals surface area (Å²) in [6.45, 7) is 6.27. The van der Waals surface area contributed by atoms with Crippen LogP contribution in [0.1, 0.15) is 37.8 Å². The zero-order chi connectivity index (χ0) is 15.5. The Morgan fingerprint density at radius 3 is 1.55 bits per heavy atom. The Kier molecular flexibility index (Phi) is 4.01. The van der Waals surface area contributed by atoms with Crippen LogP contribution in [-0.2, 0) is 0 Å². The highest BCUT2D eigenvalue weighted by Crippen LogP contribution is 2.34. The lowest BCUT2D eigenvalue weighted by molar-refractivity contribution is 0.942. The van der Waals surface area contributed by atoms with Crippen molar-refractivity contribution >= 4 is 21.8 Å². The van der Waals surface area contributed by atoms with Crippen LogP contribution in [0.4, 0.5) is 0 Å². The molecule has 0 atom stereocenters. The molecule has 2 aromatic carbocycles. The lowest BCUT2D eigenvalue weighted by atomic mass is 9.92. The molecular weight excluding hydrogens is 268 g/mol. The molecule has 0 aliphatic rings. The van der Waals surface area contributed by atoms with E-state index >= 15 is 0 Å². The number of benzene rings is 2. The van der Waals surface area contributed by atoms with Crippen LogP contribution in [0.25, 0.3) is 21.8 Å². The molecule has 0 aliphatic carbocycles. The van der Waals surface area contributed by atoms with Crippen LogP contribution in [-0.4, -0.2) is 9.97 Å². The van der Waals surface area contributed by atoms with Gasteiger partial charge in [0.15, 0.2) is 0 Å². The topological polar surface area (TPSA) is 31.6 Å². The van der Waals surface area contributed by atoms with Gasteiger partial charge in [0, 0.05) is 40.1 Å². The predicted octanol–water partition coefficient (Wildman–Crippen LogP) is 5.83. The fourth-order valence-electron chi connectivity index (χ4n) is 3.07. The lowest BCUT2D eigenvalue weighted by Gasteiger charge is -2.10. The molecule has 0 bridgehead atoms. The first-order valence-electron chi connectivity index (χ1n) is 7.96. The quantitative estimate of drug-likeness (QED) is 0.465. The number of aromatic nitrogens is 2. The summed E-state index contributed by atoms with van der Waals surface area (Å²) in [6, 6.07) is 17.0. The van der Waals surface area contributed by atoms with E-state index in [9.17, 15) is 0 Å². The molecule has 0 saturated heterocycles. The minimum absolute atomic E-state index is 0.363. The molecule has 2 N–H and O–H groups in total. The van der Waals surface area contributed by atoms with Gasteiger partial charge >= 0.3 is 0 Å². The average Bonchev–Trinajstić information content (AvgIpc) is 3.20. The molecule has 22 heavy (non-hydrogen) atoms. The van der Waals surface area contributed by atoms with Crippen molar-refractivity contribution < 1.29 is 0 Å². The van der Waals surface area contributed by atoms with Crippen molar-refractivity contribution in [3.05, 3.63) is 72.1 Å². The van der Waals surface area contributed by atoms with Gasteiger partial charge in [-0.2, -0.15) is 0 Å². The van der Waals surface area contributed by atoms with E-state index < -0.39 is 0 Å². The smallest absolute Gasteiger partial charge is 0.0457 e. The van der Waals surface area contributed by atoms with Gasteiger partial charge in [0.25, 0.3) is 0 Å². The Balaban J connectivity index is 0.000000693. The second kappa shape index (κ2) is 6.10. The summed E-state index contributed by atoms with van der Waals surface area (Å²) in [5.41, 5.74) is 5.11. The number of rotatable bonds is 2. The maximum Gasteiger partial charge on any atom is 0.0457 e. The number of fused-ring (bicyclic) bond motifs is 2. The Labute approximate surface area is 131 Å². The third kappa shape index (κ3) is 2.31. The highest BCUT2D eigenvalue weighted by atomic mass is 14.7. The number of hydrogen-bond acceptors (Lipinski definition) is 0. The van der Waals surface area contributed by atoms with Crippen LogP contribution in [0.15, 0.2) is 60.9 Å². The number of nitrogens with one attached hydrogen (secondary N) is 2. The van der Waals surface area contributed by atoms with Crippen LogP contribution in [0, 0.1) is 0 Å². The van der Waals surface area contributed by atoms with Gasteiger partial charge in [-0.15, -0.1) is 0 Å². The Morgan fingerprint density at radius 2 is 1.09 bits per heavy atom. The Morgan fingerprint density at radius 1 is 0.682 bits per heavy atom. The summed E-state index contributed by atoms with van der Waals surface area (Å²) in [5, 5.41) is 2.62. The number of hydrogen-bond donors (Lipinski definition) is 2. The van der Waals surface area contributed by atoms with Crippen molar-refractivity contribution in [3.63, 3.8) is 0 Å². The van der Waals surface area contributed by atoms with E-state index in [0.717, 1.165) is 0 Å². The molecule has 0 fully saturated rings. The summed E-state index contributed by atoms with van der Waals surface area (Å²) in [5.74, 6) is 0.363. The van der Waals surface area contributed by atoms with Crippen molar-refractivity contribution in [2.75, 3.05) is 0 Å². The summed E-state index contributed by atoms with van der Waals surface area (Å²) < 4.78 is 0. The SMILES string of the molecule is CC.CC(c1c[nH]c2ccccc12)c1c[nH]c2ccccc12. The fourth-order valence-corrected chi connectivity index (χ4v) is 3.07. The van der Waals surface area contributed by atoms with Gasteiger partial charge < -0.3 is 9.97 Å². The maximum atomic E-state index is 3.37. The van der Waals surface area contributed by atoms with Gasteiger partial charge in [0.05, 0.1) is 0 Å². The molecule has 0 aliphatic heterocycles. The minimum Gasteiger partial charge on any atom is -0.361 e. The minimum atomic E-state index is 0.363. The van der Waals surface area contributed by atoms with E-state index in [1.54, 1.807) is 0 Å². The highest BCUT2D eigenvalue weighted by molar-refractivity contribution is 5.87. The monoisotopic (exact) mass is 290 g/mol. The molecule has 2 aromatic heterocycles. The molecule has 0 unspecified atom stereocenters. The normalized spacial score (nSPS) is 10.9. The van der Waals surface area contributed by atoms with Crippen LogP contribution in [0.2, 0.25) is 0 Å². The third-order valence-electron chi connectivity index (χ3n) is 4.18. The molecule has 4 rings (SSSR count). The Bertz CT molecular complexity index is 809. The first-order chi connectivity index (χ1) is 10.8. The summed E-state index contributed by atoms with van der Waals surface area (Å²) in [4.78, 5) is 6.74. The van der Waals surface area contributed by atoms with Crippen molar-refractivity contribution in [3.8, 4) is 0 Å². The van der Waals surface area contributed by atoms with Gasteiger partial charge in [-0.25, -0.2) is 0 Å². The van der Waals surface area contributed by atoms with Crippen molar-refractivity contribution in [2.24, 2.45) is 0 Å². The maximum absolute atomic E-state index is 3.37. The van der Waals surface area contributed by atoms with Crippen LogP contribution >= 0.6 is 0 Å². The molecule has 4 aromatic rings. The van der Waals surface area contributed by atoms with Crippen LogP contribution in [0.5, 0.6) is 0 Å². The van der Waals surface area contributed by atoms with Gasteiger partial charge in [-0.05, 0) is 23.3 Å². The second-order valence-electron chi connectivity index (χ2n) is 5.30. The molecule has 0 saturated carbocycles. The van der Waals surface area contributed by atoms with Gasteiger partial charge in [0.1, 0.15) is 0 Å². The number of aromatic amines is 2. The van der Waals surface area contributed by atoms with E-state index in [1.165, 1.54) is 32.9 Å². The molecular formula is C20H22N2. The molecule has 112 valence electrons. The van der Waals surface area contributed by atoms with E-state index in [-0.39, 0.29) is 0 Å². The van der Waals surface area contributed by atoms with E-state index in [2.05, 4.69) is 77.8 Å². The summed E-state index contributed by atoms with van der Waals surface area (Å²) >= 11 is 0. The first kappa shape index (κ1) is 14.5. The van der Waals surface area contributed by atoms with Crippen LogP contribution < -0.4 is 0 Å². The van der Waals surface area contributed by atoms with Crippen molar-refractivity contribution in [1.29, 1.82) is 0 Å². The molecule has 2 heteroatoms. The zero-order valence-electron chi connectivity index (χ0n) is 13.4. The van der Waals surface area contributed by atoms with Crippen LogP contribution in [0.3, 0.4) is 0 Å². The fraction of sp³-hybridized carbons (Fsp3) is 0.200. The van der Waals surface area contributed by atoms with Crippen molar-refractivity contribution in [1.82, 2.24) is 9.97 Å². The average molecular weight is 290 g/mol. The molecule has 0 spiro atoms.